The van der Waals surface area contributed by atoms with Gasteiger partial charge in [-0.25, -0.2) is 39.5 Å². The summed E-state index contributed by atoms with van der Waals surface area (Å²) in [5.41, 5.74) is 0. The number of hydrogen-bond donors (Lipinski definition) is 0. The van der Waals surface area contributed by atoms with Gasteiger partial charge in [-0.1, -0.05) is 0 Å². The molecular formula is C13H10F18O3. The summed E-state index contributed by atoms with van der Waals surface area (Å²) in [4.78, 5) is 0. The van der Waals surface area contributed by atoms with Crippen molar-refractivity contribution in [3.8, 4) is 0 Å². The zero-order chi connectivity index (χ0) is 27.6. The van der Waals surface area contributed by atoms with Crippen LogP contribution >= 0.6 is 0 Å². The lowest BCUT2D eigenvalue weighted by Gasteiger charge is -2.29. The fourth-order valence-corrected chi connectivity index (χ4v) is 1.62. The molecule has 0 fully saturated rings. The van der Waals surface area contributed by atoms with Crippen molar-refractivity contribution < 1.29 is 93.2 Å². The second-order valence-electron chi connectivity index (χ2n) is 6.22. The predicted octanol–water partition coefficient (Wildman–Crippen LogP) is 5.93. The van der Waals surface area contributed by atoms with Crippen LogP contribution in [0.1, 0.15) is 0 Å². The Labute approximate surface area is 175 Å². The van der Waals surface area contributed by atoms with E-state index in [4.69, 9.17) is 0 Å². The topological polar surface area (TPSA) is 27.7 Å². The number of rotatable bonds is 12. The average molecular weight is 556 g/mol. The number of alkyl halides is 18. The third-order valence-corrected chi connectivity index (χ3v) is 3.21. The minimum atomic E-state index is -6.30. The van der Waals surface area contributed by atoms with Crippen LogP contribution in [0.4, 0.5) is 79.0 Å². The molecule has 0 saturated heterocycles. The van der Waals surface area contributed by atoms with Crippen molar-refractivity contribution in [2.24, 2.45) is 0 Å². The van der Waals surface area contributed by atoms with Crippen molar-refractivity contribution in [3.63, 3.8) is 0 Å². The molecule has 0 rings (SSSR count). The van der Waals surface area contributed by atoms with Crippen LogP contribution in [0, 0.1) is 0 Å². The van der Waals surface area contributed by atoms with Gasteiger partial charge in [0.25, 0.3) is 25.0 Å². The summed E-state index contributed by atoms with van der Waals surface area (Å²) in [7, 11) is 0. The lowest BCUT2D eigenvalue weighted by Crippen LogP contribution is -2.49. The lowest BCUT2D eigenvalue weighted by molar-refractivity contribution is -0.354. The highest BCUT2D eigenvalue weighted by Crippen LogP contribution is 2.38. The molecule has 0 aromatic carbocycles. The van der Waals surface area contributed by atoms with E-state index < -0.39 is 81.1 Å². The lowest BCUT2D eigenvalue weighted by atomic mass is 10.2. The molecule has 0 aliphatic carbocycles. The minimum absolute atomic E-state index is 2.95. The molecule has 0 aromatic heterocycles. The largest absolute Gasteiger partial charge is 0.425 e. The van der Waals surface area contributed by atoms with Gasteiger partial charge in [-0.05, 0) is 0 Å². The monoisotopic (exact) mass is 556 g/mol. The van der Waals surface area contributed by atoms with Crippen molar-refractivity contribution in [1.82, 2.24) is 0 Å². The zero-order valence-electron chi connectivity index (χ0n) is 15.5. The molecule has 34 heavy (non-hydrogen) atoms. The fourth-order valence-electron chi connectivity index (χ4n) is 1.62. The van der Waals surface area contributed by atoms with Gasteiger partial charge >= 0.3 is 36.3 Å². The van der Waals surface area contributed by atoms with E-state index in [0.29, 0.717) is 0 Å². The van der Waals surface area contributed by atoms with Crippen LogP contribution in [0.2, 0.25) is 0 Å². The van der Waals surface area contributed by atoms with Gasteiger partial charge in [-0.2, -0.15) is 39.5 Å². The van der Waals surface area contributed by atoms with Crippen molar-refractivity contribution >= 4 is 0 Å². The predicted molar refractivity (Wildman–Crippen MR) is 69.3 cm³/mol. The number of halogens is 18. The van der Waals surface area contributed by atoms with E-state index in [1.165, 1.54) is 0 Å². The zero-order valence-corrected chi connectivity index (χ0v) is 15.5. The summed E-state index contributed by atoms with van der Waals surface area (Å²) in [6.45, 7) is -12.6. The Morgan fingerprint density at radius 3 is 0.706 bits per heavy atom. The second kappa shape index (κ2) is 10.7. The van der Waals surface area contributed by atoms with Gasteiger partial charge in [0.2, 0.25) is 0 Å². The van der Waals surface area contributed by atoms with Crippen LogP contribution in [0.3, 0.4) is 0 Å². The van der Waals surface area contributed by atoms with Crippen LogP contribution in [0.15, 0.2) is 0 Å². The molecular weight excluding hydrogens is 546 g/mol. The van der Waals surface area contributed by atoms with Crippen LogP contribution in [-0.4, -0.2) is 81.1 Å². The Balaban J connectivity index is 5.56. The van der Waals surface area contributed by atoms with Gasteiger partial charge in [0.15, 0.2) is 0 Å². The molecule has 0 unspecified atom stereocenters. The van der Waals surface area contributed by atoms with Crippen LogP contribution in [0.25, 0.3) is 0 Å². The minimum Gasteiger partial charge on any atom is -0.323 e. The van der Waals surface area contributed by atoms with Gasteiger partial charge in [0.05, 0.1) is 0 Å². The van der Waals surface area contributed by atoms with E-state index in [1.54, 1.807) is 0 Å². The summed E-state index contributed by atoms with van der Waals surface area (Å²) in [5.74, 6) is -17.0. The van der Waals surface area contributed by atoms with Gasteiger partial charge < -0.3 is 14.2 Å². The van der Waals surface area contributed by atoms with Gasteiger partial charge in [0.1, 0.15) is 19.8 Å². The van der Waals surface area contributed by atoms with Crippen molar-refractivity contribution in [3.05, 3.63) is 0 Å². The smallest absolute Gasteiger partial charge is 0.323 e. The van der Waals surface area contributed by atoms with E-state index in [0.717, 1.165) is 0 Å². The molecule has 206 valence electrons. The molecule has 0 amide bonds. The summed E-state index contributed by atoms with van der Waals surface area (Å²) < 4.78 is 235. The van der Waals surface area contributed by atoms with Gasteiger partial charge in [0, 0.05) is 0 Å². The highest BCUT2D eigenvalue weighted by molar-refractivity contribution is 4.85. The Kier molecular flexibility index (Phi) is 10.3. The third-order valence-electron chi connectivity index (χ3n) is 3.21. The summed E-state index contributed by atoms with van der Waals surface area (Å²) in [6, 6.07) is 0. The number of hydrogen-bond acceptors (Lipinski definition) is 3. The van der Waals surface area contributed by atoms with Crippen molar-refractivity contribution in [1.29, 1.82) is 0 Å². The Morgan fingerprint density at radius 1 is 0.382 bits per heavy atom. The maximum absolute atomic E-state index is 13.1. The molecule has 0 bridgehead atoms. The molecule has 0 aliphatic heterocycles. The average Bonchev–Trinajstić information content (AvgIpc) is 2.63. The van der Waals surface area contributed by atoms with Gasteiger partial charge in [-0.15, -0.1) is 0 Å². The number of ether oxygens (including phenoxy) is 3. The summed E-state index contributed by atoms with van der Waals surface area (Å²) in [5, 5.41) is 0. The van der Waals surface area contributed by atoms with Crippen molar-refractivity contribution in [2.75, 3.05) is 19.8 Å². The Hall–Kier alpha value is -1.38. The van der Waals surface area contributed by atoms with E-state index in [1.807, 2.05) is 0 Å². The molecule has 3 atom stereocenters. The first kappa shape index (κ1) is 32.6. The second-order valence-corrected chi connectivity index (χ2v) is 6.22. The van der Waals surface area contributed by atoms with E-state index >= 15 is 0 Å². The molecule has 0 heterocycles. The Morgan fingerprint density at radius 2 is 0.559 bits per heavy atom. The quantitative estimate of drug-likeness (QED) is 0.221. The van der Waals surface area contributed by atoms with E-state index in [2.05, 4.69) is 14.2 Å². The standard InChI is InChI=1S/C13H10F18O3/c14-4(11(23,24)25)8(17,18)1-32-7(33-2-9(19,20)5(15)12(26,27)28)34-3-10(21,22)6(16)13(29,30)31/h4-7H,1-3H2/t4-,5-,6+/m0/s1. The summed E-state index contributed by atoms with van der Waals surface area (Å²) >= 11 is 0. The maximum atomic E-state index is 13.1. The molecule has 0 aromatic rings. The fraction of sp³-hybridized carbons (Fsp3) is 1.00. The third kappa shape index (κ3) is 9.70. The van der Waals surface area contributed by atoms with E-state index in [9.17, 15) is 79.0 Å². The first-order chi connectivity index (χ1) is 14.7. The highest BCUT2D eigenvalue weighted by atomic mass is 19.4. The van der Waals surface area contributed by atoms with Crippen LogP contribution < -0.4 is 0 Å². The van der Waals surface area contributed by atoms with E-state index in [-0.39, 0.29) is 0 Å². The maximum Gasteiger partial charge on any atom is 0.425 e. The molecule has 3 nitrogen and oxygen atoms in total. The molecule has 21 heteroatoms. The highest BCUT2D eigenvalue weighted by Gasteiger charge is 2.60. The molecule has 0 saturated carbocycles. The molecule has 0 N–H and O–H groups in total. The molecule has 0 radical (unpaired) electrons. The SMILES string of the molecule is F[C@H](C(F)(F)F)C(F)(F)COC(OCC(F)(F)[C@H](F)C(F)(F)F)OCC(F)(F)[C@@H](F)C(F)(F)F. The summed E-state index contributed by atoms with van der Waals surface area (Å²) in [6.07, 6.45) is -34.1. The first-order valence-corrected chi connectivity index (χ1v) is 7.86. The van der Waals surface area contributed by atoms with Crippen LogP contribution in [0.5, 0.6) is 0 Å². The van der Waals surface area contributed by atoms with Crippen molar-refractivity contribution in [2.45, 2.75) is 61.3 Å². The first-order valence-electron chi connectivity index (χ1n) is 7.86. The van der Waals surface area contributed by atoms with Crippen LogP contribution in [-0.2, 0) is 14.2 Å². The normalized spacial score (nSPS) is 17.7. The Bertz CT molecular complexity index is 540. The molecule has 0 aliphatic rings. The molecule has 0 spiro atoms. The van der Waals surface area contributed by atoms with Gasteiger partial charge in [-0.3, -0.25) is 0 Å².